The van der Waals surface area contributed by atoms with Crippen molar-refractivity contribution in [2.45, 2.75) is 13.0 Å². The Balaban J connectivity index is 1.97. The van der Waals surface area contributed by atoms with Gasteiger partial charge in [0.05, 0.1) is 0 Å². The number of nitrogens with zero attached hydrogens (tertiary/aromatic N) is 1. The summed E-state index contributed by atoms with van der Waals surface area (Å²) >= 11 is 5.93. The molecule has 0 radical (unpaired) electrons. The second kappa shape index (κ2) is 5.67. The van der Waals surface area contributed by atoms with E-state index in [1.165, 1.54) is 11.0 Å². The summed E-state index contributed by atoms with van der Waals surface area (Å²) in [6.45, 7) is 1.99. The minimum atomic E-state index is -0.368. The number of amides is 1. The average molecular weight is 271 g/mol. The van der Waals surface area contributed by atoms with E-state index in [9.17, 15) is 9.18 Å². The molecule has 2 rings (SSSR count). The molecule has 0 saturated carbocycles. The van der Waals surface area contributed by atoms with Gasteiger partial charge in [0.1, 0.15) is 5.82 Å². The van der Waals surface area contributed by atoms with E-state index in [0.29, 0.717) is 22.9 Å². The smallest absolute Gasteiger partial charge is 0.222 e. The average Bonchev–Trinajstić information content (AvgIpc) is 2.28. The highest BCUT2D eigenvalue weighted by Crippen LogP contribution is 2.21. The summed E-state index contributed by atoms with van der Waals surface area (Å²) in [6, 6.07) is 4.55. The molecule has 1 aromatic rings. The largest absolute Gasteiger partial charge is 0.341 e. The van der Waals surface area contributed by atoms with Crippen LogP contribution in [0.15, 0.2) is 18.2 Å². The lowest BCUT2D eigenvalue weighted by molar-refractivity contribution is -0.131. The number of halogens is 2. The van der Waals surface area contributed by atoms with Crippen molar-refractivity contribution in [1.29, 1.82) is 0 Å². The van der Waals surface area contributed by atoms with E-state index < -0.39 is 0 Å². The molecule has 1 aliphatic heterocycles. The Morgan fingerprint density at radius 3 is 2.83 bits per heavy atom. The van der Waals surface area contributed by atoms with Gasteiger partial charge in [-0.1, -0.05) is 17.7 Å². The third-order valence-corrected chi connectivity index (χ3v) is 3.57. The fourth-order valence-electron chi connectivity index (χ4n) is 1.90. The zero-order valence-corrected chi connectivity index (χ0v) is 11.0. The third kappa shape index (κ3) is 3.00. The van der Waals surface area contributed by atoms with Crippen LogP contribution in [0.3, 0.4) is 0 Å². The Morgan fingerprint density at radius 2 is 2.28 bits per heavy atom. The van der Waals surface area contributed by atoms with Crippen LogP contribution < -0.4 is 5.32 Å². The molecular weight excluding hydrogens is 255 g/mol. The van der Waals surface area contributed by atoms with E-state index in [4.69, 9.17) is 11.6 Å². The van der Waals surface area contributed by atoms with Gasteiger partial charge in [-0.15, -0.1) is 0 Å². The molecule has 1 amide bonds. The maximum Gasteiger partial charge on any atom is 0.222 e. The first-order valence-corrected chi connectivity index (χ1v) is 6.33. The van der Waals surface area contributed by atoms with Crippen molar-refractivity contribution >= 4 is 17.5 Å². The molecule has 0 unspecified atom stereocenters. The van der Waals surface area contributed by atoms with E-state index in [1.54, 1.807) is 19.2 Å². The minimum absolute atomic E-state index is 0.0285. The number of hydrogen-bond donors (Lipinski definition) is 1. The van der Waals surface area contributed by atoms with Gasteiger partial charge in [-0.25, -0.2) is 4.39 Å². The second-order valence-corrected chi connectivity index (χ2v) is 5.09. The van der Waals surface area contributed by atoms with Crippen molar-refractivity contribution in [2.75, 3.05) is 20.1 Å². The summed E-state index contributed by atoms with van der Waals surface area (Å²) in [6.07, 6.45) is 0.509. The Labute approximate surface area is 111 Å². The van der Waals surface area contributed by atoms with E-state index in [1.807, 2.05) is 0 Å². The number of carbonyl (C=O) groups excluding carboxylic acids is 1. The Bertz CT molecular complexity index is 428. The molecule has 1 N–H and O–H groups in total. The van der Waals surface area contributed by atoms with Gasteiger partial charge in [0, 0.05) is 30.6 Å². The van der Waals surface area contributed by atoms with Gasteiger partial charge < -0.3 is 10.2 Å². The van der Waals surface area contributed by atoms with Crippen LogP contribution in [0, 0.1) is 11.7 Å². The van der Waals surface area contributed by atoms with Crippen LogP contribution in [0.4, 0.5) is 4.39 Å². The van der Waals surface area contributed by atoms with Crippen molar-refractivity contribution in [3.8, 4) is 0 Å². The molecule has 1 aliphatic rings. The molecule has 0 aliphatic carbocycles. The first-order valence-electron chi connectivity index (χ1n) is 5.95. The molecule has 1 heterocycles. The zero-order valence-electron chi connectivity index (χ0n) is 10.2. The van der Waals surface area contributed by atoms with Crippen LogP contribution >= 0.6 is 11.6 Å². The van der Waals surface area contributed by atoms with Gasteiger partial charge in [-0.05, 0) is 31.1 Å². The molecule has 3 nitrogen and oxygen atoms in total. The summed E-state index contributed by atoms with van der Waals surface area (Å²) in [5, 5.41) is 3.48. The molecule has 0 bridgehead atoms. The predicted octanol–water partition coefficient (Wildman–Crippen LogP) is 2.05. The molecule has 0 aromatic heterocycles. The van der Waals surface area contributed by atoms with Gasteiger partial charge in [-0.3, -0.25) is 4.79 Å². The van der Waals surface area contributed by atoms with Crippen LogP contribution in [-0.4, -0.2) is 30.9 Å². The highest BCUT2D eigenvalue weighted by Gasteiger charge is 2.22. The number of hydrogen-bond acceptors (Lipinski definition) is 2. The molecule has 0 spiro atoms. The Morgan fingerprint density at radius 1 is 1.56 bits per heavy atom. The molecule has 0 atom stereocenters. The van der Waals surface area contributed by atoms with Crippen LogP contribution in [0.5, 0.6) is 0 Å². The number of rotatable bonds is 4. The van der Waals surface area contributed by atoms with Crippen molar-refractivity contribution in [2.24, 2.45) is 5.92 Å². The van der Waals surface area contributed by atoms with Gasteiger partial charge in [-0.2, -0.15) is 0 Å². The lowest BCUT2D eigenvalue weighted by Gasteiger charge is -2.28. The first-order chi connectivity index (χ1) is 8.58. The van der Waals surface area contributed by atoms with Crippen LogP contribution in [0.2, 0.25) is 5.02 Å². The number of carbonyl (C=O) groups is 1. The predicted molar refractivity (Wildman–Crippen MR) is 68.9 cm³/mol. The first kappa shape index (κ1) is 13.3. The fraction of sp³-hybridized carbons (Fsp3) is 0.462. The summed E-state index contributed by atoms with van der Waals surface area (Å²) in [7, 11) is 1.68. The van der Waals surface area contributed by atoms with E-state index in [-0.39, 0.29) is 18.3 Å². The van der Waals surface area contributed by atoms with Crippen molar-refractivity contribution in [1.82, 2.24) is 10.2 Å². The van der Waals surface area contributed by atoms with Gasteiger partial charge in [0.15, 0.2) is 0 Å². The van der Waals surface area contributed by atoms with E-state index in [2.05, 4.69) is 5.32 Å². The summed E-state index contributed by atoms with van der Waals surface area (Å²) in [4.78, 5) is 13.4. The summed E-state index contributed by atoms with van der Waals surface area (Å²) < 4.78 is 13.6. The highest BCUT2D eigenvalue weighted by molar-refractivity contribution is 6.31. The normalized spacial score (nSPS) is 15.3. The maximum absolute atomic E-state index is 13.6. The molecule has 5 heteroatoms. The molecular formula is C13H16ClFN2O. The number of benzene rings is 1. The monoisotopic (exact) mass is 270 g/mol. The van der Waals surface area contributed by atoms with Gasteiger partial charge in [0.25, 0.3) is 0 Å². The summed E-state index contributed by atoms with van der Waals surface area (Å²) in [5.74, 6) is 0.0734. The Hall–Kier alpha value is -1.13. The topological polar surface area (TPSA) is 32.3 Å². The zero-order chi connectivity index (χ0) is 13.1. The van der Waals surface area contributed by atoms with Crippen LogP contribution in [-0.2, 0) is 11.3 Å². The van der Waals surface area contributed by atoms with E-state index in [0.717, 1.165) is 13.1 Å². The molecule has 1 aromatic carbocycles. The maximum atomic E-state index is 13.6. The second-order valence-electron chi connectivity index (χ2n) is 4.68. The van der Waals surface area contributed by atoms with Crippen LogP contribution in [0.25, 0.3) is 0 Å². The van der Waals surface area contributed by atoms with Gasteiger partial charge in [0.2, 0.25) is 5.91 Å². The highest BCUT2D eigenvalue weighted by atomic mass is 35.5. The third-order valence-electron chi connectivity index (χ3n) is 3.21. The van der Waals surface area contributed by atoms with Crippen LogP contribution in [0.1, 0.15) is 12.0 Å². The quantitative estimate of drug-likeness (QED) is 0.908. The van der Waals surface area contributed by atoms with Crippen molar-refractivity contribution in [3.05, 3.63) is 34.6 Å². The Kier molecular flexibility index (Phi) is 4.19. The molecule has 1 saturated heterocycles. The van der Waals surface area contributed by atoms with Crippen molar-refractivity contribution in [3.63, 3.8) is 0 Å². The molecule has 1 fully saturated rings. The lowest BCUT2D eigenvalue weighted by Crippen LogP contribution is -2.44. The fourth-order valence-corrected chi connectivity index (χ4v) is 2.13. The molecule has 18 heavy (non-hydrogen) atoms. The molecule has 98 valence electrons. The summed E-state index contributed by atoms with van der Waals surface area (Å²) in [5.41, 5.74) is 0.377. The standard InChI is InChI=1S/C13H16ClFN2O/c1-17(13(18)5-9-6-16-7-9)8-10-11(14)3-2-4-12(10)15/h2-4,9,16H,5-8H2,1H3. The SMILES string of the molecule is CN(Cc1c(F)cccc1Cl)C(=O)CC1CNC1. The van der Waals surface area contributed by atoms with E-state index >= 15 is 0 Å². The number of nitrogens with one attached hydrogen (secondary N) is 1. The minimum Gasteiger partial charge on any atom is -0.341 e. The van der Waals surface area contributed by atoms with Gasteiger partial charge >= 0.3 is 0 Å². The lowest BCUT2D eigenvalue weighted by atomic mass is 9.98. The van der Waals surface area contributed by atoms with Crippen molar-refractivity contribution < 1.29 is 9.18 Å².